The first-order valence-corrected chi connectivity index (χ1v) is 7.91. The first-order valence-electron chi connectivity index (χ1n) is 7.91. The minimum atomic E-state index is -0.348. The summed E-state index contributed by atoms with van der Waals surface area (Å²) in [6.45, 7) is 5.41. The first kappa shape index (κ1) is 17.9. The molecule has 0 saturated carbocycles. The van der Waals surface area contributed by atoms with Crippen molar-refractivity contribution in [3.05, 3.63) is 48.0 Å². The van der Waals surface area contributed by atoms with Crippen LogP contribution in [0.2, 0.25) is 0 Å². The molecule has 0 saturated heterocycles. The smallest absolute Gasteiger partial charge is 0.317 e. The summed E-state index contributed by atoms with van der Waals surface area (Å²) in [4.78, 5) is 13.7. The fraction of sp³-hybridized carbons (Fsp3) is 0.412. The van der Waals surface area contributed by atoms with Gasteiger partial charge in [0.15, 0.2) is 0 Å². The number of urea groups is 1. The molecule has 0 fully saturated rings. The van der Waals surface area contributed by atoms with Crippen molar-refractivity contribution in [1.29, 1.82) is 0 Å². The molecule has 24 heavy (non-hydrogen) atoms. The lowest BCUT2D eigenvalue weighted by Gasteiger charge is -2.20. The monoisotopic (exact) mass is 334 g/mol. The molecular weight excluding hydrogens is 311 g/mol. The van der Waals surface area contributed by atoms with Crippen LogP contribution >= 0.6 is 0 Å². The van der Waals surface area contributed by atoms with Gasteiger partial charge in [0.1, 0.15) is 11.5 Å². The van der Waals surface area contributed by atoms with Crippen LogP contribution in [-0.2, 0) is 4.74 Å². The molecular formula is C17H23FN4O2. The van der Waals surface area contributed by atoms with Crippen molar-refractivity contribution in [2.45, 2.75) is 19.9 Å². The quantitative estimate of drug-likeness (QED) is 0.792. The predicted octanol–water partition coefficient (Wildman–Crippen LogP) is 2.75. The van der Waals surface area contributed by atoms with Gasteiger partial charge in [-0.2, -0.15) is 5.10 Å². The number of ether oxygens (including phenoxy) is 1. The molecule has 0 spiro atoms. The van der Waals surface area contributed by atoms with Crippen molar-refractivity contribution in [2.75, 3.05) is 26.8 Å². The summed E-state index contributed by atoms with van der Waals surface area (Å²) in [7, 11) is 1.71. The van der Waals surface area contributed by atoms with E-state index in [1.165, 1.54) is 10.7 Å². The van der Waals surface area contributed by atoms with Gasteiger partial charge >= 0.3 is 6.03 Å². The zero-order chi connectivity index (χ0) is 17.5. The highest BCUT2D eigenvalue weighted by atomic mass is 19.1. The normalized spacial score (nSPS) is 12.0. The Morgan fingerprint density at radius 3 is 2.92 bits per heavy atom. The van der Waals surface area contributed by atoms with Crippen molar-refractivity contribution < 1.29 is 13.9 Å². The molecule has 1 aromatic carbocycles. The van der Waals surface area contributed by atoms with Crippen LogP contribution in [-0.4, -0.2) is 47.5 Å². The molecule has 130 valence electrons. The molecule has 1 heterocycles. The van der Waals surface area contributed by atoms with Gasteiger partial charge in [0.2, 0.25) is 0 Å². The van der Waals surface area contributed by atoms with Crippen LogP contribution in [0.3, 0.4) is 0 Å². The summed E-state index contributed by atoms with van der Waals surface area (Å²) in [5.74, 6) is -0.348. The Morgan fingerprint density at radius 1 is 1.46 bits per heavy atom. The van der Waals surface area contributed by atoms with Gasteiger partial charge < -0.3 is 15.0 Å². The summed E-state index contributed by atoms with van der Waals surface area (Å²) >= 11 is 0. The number of hydrogen-bond donors (Lipinski definition) is 1. The molecule has 1 atom stereocenters. The maximum absolute atomic E-state index is 13.8. The summed E-state index contributed by atoms with van der Waals surface area (Å²) < 4.78 is 20.5. The van der Waals surface area contributed by atoms with Crippen LogP contribution in [0, 0.1) is 5.82 Å². The van der Waals surface area contributed by atoms with Crippen LogP contribution in [0.5, 0.6) is 0 Å². The minimum absolute atomic E-state index is 0.194. The van der Waals surface area contributed by atoms with Crippen LogP contribution < -0.4 is 5.32 Å². The van der Waals surface area contributed by atoms with E-state index in [1.807, 2.05) is 13.8 Å². The zero-order valence-corrected chi connectivity index (χ0v) is 14.2. The lowest BCUT2D eigenvalue weighted by Crippen LogP contribution is -2.40. The molecule has 6 nitrogen and oxygen atoms in total. The van der Waals surface area contributed by atoms with Crippen molar-refractivity contribution in [1.82, 2.24) is 20.0 Å². The third kappa shape index (κ3) is 4.55. The number of hydrogen-bond acceptors (Lipinski definition) is 3. The van der Waals surface area contributed by atoms with Crippen molar-refractivity contribution >= 4 is 6.03 Å². The van der Waals surface area contributed by atoms with Crippen LogP contribution in [0.15, 0.2) is 36.7 Å². The van der Waals surface area contributed by atoms with Crippen molar-refractivity contribution in [2.24, 2.45) is 0 Å². The van der Waals surface area contributed by atoms with E-state index in [0.29, 0.717) is 25.4 Å². The second-order valence-electron chi connectivity index (χ2n) is 5.46. The van der Waals surface area contributed by atoms with Gasteiger partial charge in [-0.1, -0.05) is 12.1 Å². The summed E-state index contributed by atoms with van der Waals surface area (Å²) in [6.07, 6.45) is 3.33. The highest BCUT2D eigenvalue weighted by Gasteiger charge is 2.15. The van der Waals surface area contributed by atoms with Gasteiger partial charge in [-0.05, 0) is 26.0 Å². The number of likely N-dealkylation sites (N-methyl/N-ethyl adjacent to an activating group) is 1. The third-order valence-corrected chi connectivity index (χ3v) is 3.66. The Balaban J connectivity index is 1.97. The highest BCUT2D eigenvalue weighted by molar-refractivity contribution is 5.74. The van der Waals surface area contributed by atoms with Gasteiger partial charge in [0.05, 0.1) is 18.8 Å². The maximum Gasteiger partial charge on any atom is 0.317 e. The number of nitrogens with zero attached hydrogens (tertiary/aromatic N) is 3. The van der Waals surface area contributed by atoms with E-state index >= 15 is 0 Å². The number of para-hydroxylation sites is 1. The minimum Gasteiger partial charge on any atom is -0.380 e. The molecule has 1 aromatic heterocycles. The molecule has 0 aliphatic carbocycles. The molecule has 0 aliphatic rings. The van der Waals surface area contributed by atoms with E-state index < -0.39 is 0 Å². The fourth-order valence-electron chi connectivity index (χ4n) is 2.16. The maximum atomic E-state index is 13.8. The Morgan fingerprint density at radius 2 is 2.21 bits per heavy atom. The summed E-state index contributed by atoms with van der Waals surface area (Å²) in [5, 5.41) is 7.06. The molecule has 0 bridgehead atoms. The fourth-order valence-corrected chi connectivity index (χ4v) is 2.16. The van der Waals surface area contributed by atoms with Gasteiger partial charge in [-0.3, -0.25) is 0 Å². The van der Waals surface area contributed by atoms with E-state index in [4.69, 9.17) is 4.74 Å². The largest absolute Gasteiger partial charge is 0.380 e. The van der Waals surface area contributed by atoms with E-state index in [0.717, 1.165) is 5.56 Å². The molecule has 0 aliphatic heterocycles. The Hall–Kier alpha value is -2.41. The number of aromatic nitrogens is 2. The Labute approximate surface area is 141 Å². The number of rotatable bonds is 7. The summed E-state index contributed by atoms with van der Waals surface area (Å²) in [6, 6.07) is 5.97. The van der Waals surface area contributed by atoms with Gasteiger partial charge in [0, 0.05) is 32.0 Å². The number of nitrogens with one attached hydrogen (secondary N) is 1. The van der Waals surface area contributed by atoms with Crippen LogP contribution in [0.4, 0.5) is 9.18 Å². The topological polar surface area (TPSA) is 59.4 Å². The lowest BCUT2D eigenvalue weighted by molar-refractivity contribution is 0.125. The Bertz CT molecular complexity index is 674. The van der Waals surface area contributed by atoms with Gasteiger partial charge in [0.25, 0.3) is 0 Å². The van der Waals surface area contributed by atoms with E-state index in [2.05, 4.69) is 10.4 Å². The zero-order valence-electron chi connectivity index (χ0n) is 14.2. The number of halogens is 1. The highest BCUT2D eigenvalue weighted by Crippen LogP contribution is 2.16. The van der Waals surface area contributed by atoms with E-state index in [-0.39, 0.29) is 17.9 Å². The molecule has 2 aromatic rings. The molecule has 1 unspecified atom stereocenters. The number of benzene rings is 1. The average Bonchev–Trinajstić information content (AvgIpc) is 3.05. The van der Waals surface area contributed by atoms with E-state index in [1.54, 1.807) is 42.5 Å². The standard InChI is InChI=1S/C17H23FN4O2/c1-4-24-10-9-21(3)17(23)20-13(2)14-11-19-22(12-14)16-8-6-5-7-15(16)18/h5-8,11-13H,4,9-10H2,1-3H3,(H,20,23). The van der Waals surface area contributed by atoms with Gasteiger partial charge in [-0.25, -0.2) is 13.9 Å². The summed E-state index contributed by atoms with van der Waals surface area (Å²) in [5.41, 5.74) is 1.17. The van der Waals surface area contributed by atoms with Crippen molar-refractivity contribution in [3.63, 3.8) is 0 Å². The molecule has 1 N–H and O–H groups in total. The lowest BCUT2D eigenvalue weighted by atomic mass is 10.2. The third-order valence-electron chi connectivity index (χ3n) is 3.66. The average molecular weight is 334 g/mol. The molecule has 2 amide bonds. The SMILES string of the molecule is CCOCCN(C)C(=O)NC(C)c1cnn(-c2ccccc2F)c1. The number of amides is 2. The first-order chi connectivity index (χ1) is 11.5. The predicted molar refractivity (Wildman–Crippen MR) is 89.6 cm³/mol. The number of carbonyl (C=O) groups is 1. The Kier molecular flexibility index (Phi) is 6.31. The van der Waals surface area contributed by atoms with Crippen LogP contribution in [0.1, 0.15) is 25.5 Å². The molecule has 0 radical (unpaired) electrons. The molecule has 7 heteroatoms. The number of carbonyl (C=O) groups excluding carboxylic acids is 1. The van der Waals surface area contributed by atoms with Crippen LogP contribution in [0.25, 0.3) is 5.69 Å². The van der Waals surface area contributed by atoms with Crippen molar-refractivity contribution in [3.8, 4) is 5.69 Å². The van der Waals surface area contributed by atoms with E-state index in [9.17, 15) is 9.18 Å². The molecule has 2 rings (SSSR count). The van der Waals surface area contributed by atoms with Gasteiger partial charge in [-0.15, -0.1) is 0 Å². The second-order valence-corrected chi connectivity index (χ2v) is 5.46. The second kappa shape index (κ2) is 8.44.